The van der Waals surface area contributed by atoms with Crippen LogP contribution in [0.2, 0.25) is 0 Å². The maximum Gasteiger partial charge on any atom is 0.121 e. The van der Waals surface area contributed by atoms with Crippen LogP contribution in [0.15, 0.2) is 24.3 Å². The fourth-order valence-corrected chi connectivity index (χ4v) is 1.36. The van der Waals surface area contributed by atoms with Crippen LogP contribution in [0.1, 0.15) is 11.6 Å². The lowest BCUT2D eigenvalue weighted by molar-refractivity contribution is 0.198. The zero-order valence-electron chi connectivity index (χ0n) is 9.56. The summed E-state index contributed by atoms with van der Waals surface area (Å²) in [6.45, 7) is 1.23. The van der Waals surface area contributed by atoms with Gasteiger partial charge in [0.2, 0.25) is 0 Å². The number of rotatable bonds is 6. The fraction of sp³-hybridized carbons (Fsp3) is 0.417. The Labute approximate surface area is 95.8 Å². The molecule has 4 heteroatoms. The minimum absolute atomic E-state index is 0.328. The van der Waals surface area contributed by atoms with Crippen molar-refractivity contribution in [3.05, 3.63) is 29.8 Å². The summed E-state index contributed by atoms with van der Waals surface area (Å²) in [7, 11) is 3.24. The molecule has 0 heterocycles. The van der Waals surface area contributed by atoms with Crippen LogP contribution < -0.4 is 10.1 Å². The van der Waals surface area contributed by atoms with Gasteiger partial charge < -0.3 is 9.47 Å². The molecule has 0 aliphatic heterocycles. The highest BCUT2D eigenvalue weighted by atomic mass is 16.5. The van der Waals surface area contributed by atoms with E-state index in [-0.39, 0.29) is 6.04 Å². The zero-order valence-corrected chi connectivity index (χ0v) is 9.56. The average molecular weight is 220 g/mol. The molecule has 16 heavy (non-hydrogen) atoms. The summed E-state index contributed by atoms with van der Waals surface area (Å²) < 4.78 is 10.0. The molecule has 0 saturated carbocycles. The van der Waals surface area contributed by atoms with Gasteiger partial charge in [-0.15, -0.1) is 0 Å². The second kappa shape index (κ2) is 6.83. The number of nitriles is 1. The average Bonchev–Trinajstić information content (AvgIpc) is 2.35. The summed E-state index contributed by atoms with van der Waals surface area (Å²) in [5, 5.41) is 12.1. The van der Waals surface area contributed by atoms with Crippen LogP contribution in [0.5, 0.6) is 5.75 Å². The molecular formula is C12H16N2O2. The molecule has 0 fully saturated rings. The zero-order chi connectivity index (χ0) is 11.8. The fourth-order valence-electron chi connectivity index (χ4n) is 1.36. The first-order chi connectivity index (χ1) is 7.81. The Bertz CT molecular complexity index is 360. The van der Waals surface area contributed by atoms with Gasteiger partial charge in [0.25, 0.3) is 0 Å². The molecule has 0 saturated heterocycles. The van der Waals surface area contributed by atoms with Crippen molar-refractivity contribution < 1.29 is 9.47 Å². The molecule has 1 aromatic rings. The first kappa shape index (κ1) is 12.5. The summed E-state index contributed by atoms with van der Waals surface area (Å²) in [6.07, 6.45) is 0. The maximum absolute atomic E-state index is 9.05. The van der Waals surface area contributed by atoms with Crippen molar-refractivity contribution in [2.24, 2.45) is 0 Å². The Morgan fingerprint density at radius 1 is 1.44 bits per heavy atom. The van der Waals surface area contributed by atoms with Gasteiger partial charge >= 0.3 is 0 Å². The molecule has 0 radical (unpaired) electrons. The highest BCUT2D eigenvalue weighted by Crippen LogP contribution is 2.18. The predicted molar refractivity (Wildman–Crippen MR) is 61.2 cm³/mol. The van der Waals surface area contributed by atoms with E-state index in [1.807, 2.05) is 24.3 Å². The number of nitrogens with one attached hydrogen (secondary N) is 1. The van der Waals surface area contributed by atoms with Crippen LogP contribution in [0.4, 0.5) is 0 Å². The van der Waals surface area contributed by atoms with Crippen LogP contribution in [0.25, 0.3) is 0 Å². The van der Waals surface area contributed by atoms with Crippen molar-refractivity contribution in [2.75, 3.05) is 27.4 Å². The number of ether oxygens (including phenoxy) is 2. The summed E-state index contributed by atoms with van der Waals surface area (Å²) >= 11 is 0. The maximum atomic E-state index is 9.05. The van der Waals surface area contributed by atoms with Crippen molar-refractivity contribution in [1.29, 1.82) is 5.26 Å². The van der Waals surface area contributed by atoms with Crippen molar-refractivity contribution in [3.63, 3.8) is 0 Å². The highest BCUT2D eigenvalue weighted by molar-refractivity contribution is 5.32. The van der Waals surface area contributed by atoms with Gasteiger partial charge in [-0.05, 0) is 17.7 Å². The number of hydrogen-bond acceptors (Lipinski definition) is 4. The van der Waals surface area contributed by atoms with E-state index in [0.29, 0.717) is 13.2 Å². The third-order valence-corrected chi connectivity index (χ3v) is 2.21. The van der Waals surface area contributed by atoms with Gasteiger partial charge in [0.15, 0.2) is 0 Å². The van der Waals surface area contributed by atoms with Crippen LogP contribution >= 0.6 is 0 Å². The van der Waals surface area contributed by atoms with Crippen molar-refractivity contribution in [3.8, 4) is 11.8 Å². The second-order valence-electron chi connectivity index (χ2n) is 3.29. The molecule has 0 aliphatic carbocycles. The third-order valence-electron chi connectivity index (χ3n) is 2.21. The Balaban J connectivity index is 2.67. The van der Waals surface area contributed by atoms with Crippen LogP contribution in [-0.2, 0) is 4.74 Å². The molecule has 0 bridgehead atoms. The molecule has 0 spiro atoms. The Kier molecular flexibility index (Phi) is 5.34. The number of nitrogens with zero attached hydrogens (tertiary/aromatic N) is 1. The standard InChI is InChI=1S/C12H16N2O2/c1-15-7-6-14-12(9-13)10-4-3-5-11(8-10)16-2/h3-5,8,12,14H,6-7H2,1-2H3. The monoisotopic (exact) mass is 220 g/mol. The first-order valence-corrected chi connectivity index (χ1v) is 5.07. The van der Waals surface area contributed by atoms with Gasteiger partial charge in [-0.2, -0.15) is 5.26 Å². The van der Waals surface area contributed by atoms with E-state index in [1.165, 1.54) is 0 Å². The predicted octanol–water partition coefficient (Wildman–Crippen LogP) is 1.50. The third kappa shape index (κ3) is 3.54. The van der Waals surface area contributed by atoms with Gasteiger partial charge in [-0.1, -0.05) is 12.1 Å². The van der Waals surface area contributed by atoms with E-state index < -0.39 is 0 Å². The number of benzene rings is 1. The smallest absolute Gasteiger partial charge is 0.121 e. The van der Waals surface area contributed by atoms with Crippen LogP contribution in [0, 0.1) is 11.3 Å². The van der Waals surface area contributed by atoms with Crippen molar-refractivity contribution in [2.45, 2.75) is 6.04 Å². The molecule has 1 aromatic carbocycles. The summed E-state index contributed by atoms with van der Waals surface area (Å²) in [5.41, 5.74) is 0.901. The number of hydrogen-bond donors (Lipinski definition) is 1. The molecular weight excluding hydrogens is 204 g/mol. The first-order valence-electron chi connectivity index (χ1n) is 5.07. The molecule has 0 aromatic heterocycles. The second-order valence-corrected chi connectivity index (χ2v) is 3.29. The molecule has 1 atom stereocenters. The molecule has 0 amide bonds. The summed E-state index contributed by atoms with van der Waals surface area (Å²) in [4.78, 5) is 0. The molecule has 86 valence electrons. The van der Waals surface area contributed by atoms with Gasteiger partial charge in [0.05, 0.1) is 19.8 Å². The SMILES string of the molecule is COCCNC(C#N)c1cccc(OC)c1. The normalized spacial score (nSPS) is 11.8. The quantitative estimate of drug-likeness (QED) is 0.738. The van der Waals surface area contributed by atoms with E-state index >= 15 is 0 Å². The van der Waals surface area contributed by atoms with Crippen LogP contribution in [-0.4, -0.2) is 27.4 Å². The van der Waals surface area contributed by atoms with Gasteiger partial charge in [0.1, 0.15) is 11.8 Å². The van der Waals surface area contributed by atoms with Gasteiger partial charge in [-0.3, -0.25) is 5.32 Å². The molecule has 1 unspecified atom stereocenters. The van der Waals surface area contributed by atoms with Crippen molar-refractivity contribution >= 4 is 0 Å². The Morgan fingerprint density at radius 2 is 2.25 bits per heavy atom. The van der Waals surface area contributed by atoms with Gasteiger partial charge in [-0.25, -0.2) is 0 Å². The Hall–Kier alpha value is -1.57. The molecule has 1 rings (SSSR count). The lowest BCUT2D eigenvalue weighted by Crippen LogP contribution is -2.23. The number of methoxy groups -OCH3 is 2. The van der Waals surface area contributed by atoms with E-state index in [9.17, 15) is 0 Å². The molecule has 4 nitrogen and oxygen atoms in total. The van der Waals surface area contributed by atoms with Crippen molar-refractivity contribution in [1.82, 2.24) is 5.32 Å². The largest absolute Gasteiger partial charge is 0.497 e. The lowest BCUT2D eigenvalue weighted by atomic mass is 10.1. The topological polar surface area (TPSA) is 54.3 Å². The minimum atomic E-state index is -0.328. The van der Waals surface area contributed by atoms with E-state index in [1.54, 1.807) is 14.2 Å². The summed E-state index contributed by atoms with van der Waals surface area (Å²) in [6, 6.07) is 9.36. The Morgan fingerprint density at radius 3 is 2.88 bits per heavy atom. The highest BCUT2D eigenvalue weighted by Gasteiger charge is 2.09. The van der Waals surface area contributed by atoms with E-state index in [4.69, 9.17) is 14.7 Å². The summed E-state index contributed by atoms with van der Waals surface area (Å²) in [5.74, 6) is 0.756. The van der Waals surface area contributed by atoms with Crippen LogP contribution in [0.3, 0.4) is 0 Å². The minimum Gasteiger partial charge on any atom is -0.497 e. The molecule has 0 aliphatic rings. The van der Waals surface area contributed by atoms with E-state index in [0.717, 1.165) is 11.3 Å². The lowest BCUT2D eigenvalue weighted by Gasteiger charge is -2.12. The van der Waals surface area contributed by atoms with E-state index in [2.05, 4.69) is 11.4 Å². The van der Waals surface area contributed by atoms with Gasteiger partial charge in [0, 0.05) is 13.7 Å². The molecule has 1 N–H and O–H groups in total.